The van der Waals surface area contributed by atoms with Crippen molar-refractivity contribution in [2.45, 2.75) is 65.0 Å². The Kier molecular flexibility index (Phi) is 16.0. The molecule has 0 saturated carbocycles. The minimum atomic E-state index is -4.53. The smallest absolute Gasteiger partial charge is 0.412 e. The molecule has 2 unspecified atom stereocenters. The van der Waals surface area contributed by atoms with Crippen LogP contribution in [0.15, 0.2) is 47.9 Å². The summed E-state index contributed by atoms with van der Waals surface area (Å²) in [7, 11) is 3.02. The molecule has 2 atom stereocenters. The molecule has 2 aromatic carbocycles. The van der Waals surface area contributed by atoms with Crippen LogP contribution in [0.3, 0.4) is 0 Å². The lowest BCUT2D eigenvalue weighted by atomic mass is 9.98. The van der Waals surface area contributed by atoms with Crippen LogP contribution in [0.25, 0.3) is 11.1 Å². The van der Waals surface area contributed by atoms with Gasteiger partial charge in [0.2, 0.25) is 6.49 Å². The van der Waals surface area contributed by atoms with Gasteiger partial charge in [-0.3, -0.25) is 9.59 Å². The van der Waals surface area contributed by atoms with Crippen LogP contribution >= 0.6 is 23.3 Å². The summed E-state index contributed by atoms with van der Waals surface area (Å²) in [6.45, 7) is 7.06. The highest BCUT2D eigenvalue weighted by molar-refractivity contribution is 8.24. The van der Waals surface area contributed by atoms with E-state index < -0.39 is 54.7 Å². The van der Waals surface area contributed by atoms with Gasteiger partial charge in [-0.25, -0.2) is 0 Å². The van der Waals surface area contributed by atoms with Gasteiger partial charge >= 0.3 is 12.4 Å². The number of rotatable bonds is 10. The van der Waals surface area contributed by atoms with E-state index in [4.69, 9.17) is 41.6 Å². The van der Waals surface area contributed by atoms with Crippen molar-refractivity contribution >= 4 is 69.9 Å². The lowest BCUT2D eigenvalue weighted by Gasteiger charge is -2.28. The lowest BCUT2D eigenvalue weighted by Crippen LogP contribution is -2.38. The van der Waals surface area contributed by atoms with E-state index in [0.717, 1.165) is 11.1 Å². The molecule has 2 amide bonds. The number of carbonyl (C=O) groups is 2. The zero-order valence-electron chi connectivity index (χ0n) is 31.5. The molecule has 2 aromatic rings. The third-order valence-electron chi connectivity index (χ3n) is 7.36. The van der Waals surface area contributed by atoms with E-state index in [2.05, 4.69) is 27.0 Å². The maximum atomic E-state index is 12.6. The lowest BCUT2D eigenvalue weighted by molar-refractivity contribution is -0.153. The fourth-order valence-electron chi connectivity index (χ4n) is 4.88. The van der Waals surface area contributed by atoms with Crippen LogP contribution in [0, 0.1) is 13.8 Å². The molecule has 21 heteroatoms. The summed E-state index contributed by atoms with van der Waals surface area (Å²) in [4.78, 5) is 24.6. The molecule has 4 rings (SSSR count). The Bertz CT molecular complexity index is 1930. The van der Waals surface area contributed by atoms with Crippen LogP contribution in [0.5, 0.6) is 11.5 Å². The molecule has 3 N–H and O–H groups in total. The highest BCUT2D eigenvalue weighted by atomic mass is 35.7. The molecule has 55 heavy (non-hydrogen) atoms. The van der Waals surface area contributed by atoms with Crippen molar-refractivity contribution < 1.29 is 64.1 Å². The van der Waals surface area contributed by atoms with Gasteiger partial charge in [0.25, 0.3) is 11.8 Å². The third-order valence-corrected chi connectivity index (χ3v) is 10.2. The van der Waals surface area contributed by atoms with Crippen LogP contribution in [0.1, 0.15) is 49.9 Å². The SMILES string of the molecule is COc1cc(C)ccc1C1=C(O)C(C)(C)NC1=O.COc1cc(C)ccc1C1=C(OP(C)(=S)OCC(F)(F)F)C(C)(C)NC1=O.CP(=S)(Cl)OCC(F)(F)F. The highest BCUT2D eigenvalue weighted by Crippen LogP contribution is 2.52. The molecule has 0 bridgehead atoms. The maximum Gasteiger partial charge on any atom is 0.412 e. The maximum absolute atomic E-state index is 12.6. The molecule has 0 saturated heterocycles. The Morgan fingerprint density at radius 2 is 1.15 bits per heavy atom. The molecule has 0 aromatic heterocycles. The van der Waals surface area contributed by atoms with Gasteiger partial charge in [-0.2, -0.15) is 26.3 Å². The van der Waals surface area contributed by atoms with Crippen molar-refractivity contribution in [1.29, 1.82) is 0 Å². The first-order valence-electron chi connectivity index (χ1n) is 15.9. The number of aryl methyl sites for hydroxylation is 2. The van der Waals surface area contributed by atoms with E-state index >= 15 is 0 Å². The van der Waals surface area contributed by atoms with Gasteiger partial charge in [0.05, 0.1) is 36.4 Å². The number of halogens is 7. The van der Waals surface area contributed by atoms with Gasteiger partial charge in [-0.1, -0.05) is 47.3 Å². The molecular formula is C34H43ClF6N2O8P2S2. The predicted molar refractivity (Wildman–Crippen MR) is 208 cm³/mol. The number of hydrogen-bond donors (Lipinski definition) is 3. The fraction of sp³-hybridized carbons (Fsp3) is 0.471. The van der Waals surface area contributed by atoms with Gasteiger partial charge in [-0.05, 0) is 76.6 Å². The second-order valence-corrected chi connectivity index (χ2v) is 23.7. The molecule has 10 nitrogen and oxygen atoms in total. The van der Waals surface area contributed by atoms with E-state index in [-0.39, 0.29) is 28.6 Å². The minimum Gasteiger partial charge on any atom is -0.509 e. The quantitative estimate of drug-likeness (QED) is 0.157. The Morgan fingerprint density at radius 1 is 0.745 bits per heavy atom. The average molecular weight is 883 g/mol. The van der Waals surface area contributed by atoms with E-state index in [1.165, 1.54) is 20.4 Å². The molecule has 0 spiro atoms. The van der Waals surface area contributed by atoms with Crippen molar-refractivity contribution in [1.82, 2.24) is 10.6 Å². The number of amides is 2. The van der Waals surface area contributed by atoms with Crippen molar-refractivity contribution in [3.8, 4) is 11.5 Å². The van der Waals surface area contributed by atoms with Crippen molar-refractivity contribution in [2.24, 2.45) is 0 Å². The van der Waals surface area contributed by atoms with Crippen LogP contribution in [0.4, 0.5) is 26.3 Å². The van der Waals surface area contributed by atoms with Crippen molar-refractivity contribution in [3.63, 3.8) is 0 Å². The standard InChI is InChI=1S/C17H21F3NO4PS.C14H17NO3.C3H5ClF3OPS/c1-10-6-7-11(12(8-10)23-4)13-14(16(2,3)21-15(13)22)25-26(5,27)24-9-17(18,19)20;1-8-5-6-9(10(7-8)18-4)11-12(16)14(2,3)15-13(11)17;1-9(4,10)8-2-3(5,6)7/h6-8H,9H2,1-5H3,(H,21,22);5-7,16H,1-4H3,(H,15,17);2H2,1H3. The largest absolute Gasteiger partial charge is 0.509 e. The zero-order valence-corrected chi connectivity index (χ0v) is 35.7. The Labute approximate surface area is 331 Å². The van der Waals surface area contributed by atoms with Crippen LogP contribution in [0.2, 0.25) is 0 Å². The fourth-order valence-corrected chi connectivity index (χ4v) is 7.03. The van der Waals surface area contributed by atoms with Crippen LogP contribution in [-0.2, 0) is 46.8 Å². The number of carbonyl (C=O) groups excluding carboxylic acids is 2. The Morgan fingerprint density at radius 3 is 1.51 bits per heavy atom. The molecule has 2 aliphatic heterocycles. The Hall–Kier alpha value is -2.85. The summed E-state index contributed by atoms with van der Waals surface area (Å²) in [5, 5.41) is 15.7. The minimum absolute atomic E-state index is 0.0506. The van der Waals surface area contributed by atoms with Crippen molar-refractivity contribution in [2.75, 3.05) is 40.8 Å². The summed E-state index contributed by atoms with van der Waals surface area (Å²) >= 11 is 14.8. The second kappa shape index (κ2) is 18.2. The number of ether oxygens (including phenoxy) is 2. The summed E-state index contributed by atoms with van der Waals surface area (Å²) in [6.07, 6.45) is -8.87. The summed E-state index contributed by atoms with van der Waals surface area (Å²) in [5.74, 6) is 0.518. The number of nitrogens with one attached hydrogen (secondary N) is 2. The third kappa shape index (κ3) is 14.6. The van der Waals surface area contributed by atoms with Gasteiger partial charge in [0.15, 0.2) is 6.61 Å². The van der Waals surface area contributed by atoms with Gasteiger partial charge in [0.1, 0.15) is 35.2 Å². The summed E-state index contributed by atoms with van der Waals surface area (Å²) in [5.41, 5.74) is -0.883. The molecule has 0 fully saturated rings. The average Bonchev–Trinajstić information content (AvgIpc) is 3.37. The first kappa shape index (κ1) is 48.3. The topological polar surface area (TPSA) is 125 Å². The number of aliphatic hydroxyl groups is 1. The van der Waals surface area contributed by atoms with E-state index in [1.54, 1.807) is 59.1 Å². The monoisotopic (exact) mass is 882 g/mol. The van der Waals surface area contributed by atoms with E-state index in [9.17, 15) is 41.0 Å². The molecular weight excluding hydrogens is 840 g/mol. The van der Waals surface area contributed by atoms with Gasteiger partial charge in [-0.15, -0.1) is 0 Å². The first-order chi connectivity index (χ1) is 24.8. The van der Waals surface area contributed by atoms with Gasteiger partial charge in [0, 0.05) is 24.5 Å². The molecule has 0 aliphatic carbocycles. The number of benzene rings is 2. The zero-order chi connectivity index (χ0) is 42.5. The van der Waals surface area contributed by atoms with Crippen LogP contribution in [-0.4, -0.2) is 81.1 Å². The van der Waals surface area contributed by atoms with Crippen molar-refractivity contribution in [3.05, 3.63) is 70.2 Å². The second-order valence-electron chi connectivity index (χ2n) is 13.4. The molecule has 2 heterocycles. The highest BCUT2D eigenvalue weighted by Gasteiger charge is 2.44. The molecule has 308 valence electrons. The summed E-state index contributed by atoms with van der Waals surface area (Å²) in [6, 6.07) is 10.8. The number of hydrogen-bond acceptors (Lipinski definition) is 10. The number of alkyl halides is 6. The summed E-state index contributed by atoms with van der Waals surface area (Å²) < 4.78 is 96.9. The predicted octanol–water partition coefficient (Wildman–Crippen LogP) is 9.08. The number of methoxy groups -OCH3 is 2. The van der Waals surface area contributed by atoms with E-state index in [0.29, 0.717) is 22.6 Å². The van der Waals surface area contributed by atoms with E-state index in [1.807, 2.05) is 26.0 Å². The van der Waals surface area contributed by atoms with Gasteiger partial charge < -0.3 is 38.8 Å². The molecule has 0 radical (unpaired) electrons. The number of aliphatic hydroxyl groups excluding tert-OH is 1. The van der Waals surface area contributed by atoms with Crippen LogP contribution < -0.4 is 20.1 Å². The Balaban J connectivity index is 0.000000320. The molecule has 2 aliphatic rings. The normalized spacial score (nSPS) is 18.5. The first-order valence-corrected chi connectivity index (χ1v) is 23.1.